The number of halogens is 1. The van der Waals surface area contributed by atoms with Gasteiger partial charge in [0.15, 0.2) is 5.78 Å². The fourth-order valence-electron chi connectivity index (χ4n) is 1.55. The third-order valence-electron chi connectivity index (χ3n) is 2.63. The van der Waals surface area contributed by atoms with E-state index in [1.807, 2.05) is 24.3 Å². The maximum atomic E-state index is 11.8. The smallest absolute Gasteiger partial charge is 0.355 e. The van der Waals surface area contributed by atoms with E-state index in [1.165, 1.54) is 19.2 Å². The van der Waals surface area contributed by atoms with E-state index in [-0.39, 0.29) is 18.1 Å². The number of benzene rings is 1. The van der Waals surface area contributed by atoms with Crippen LogP contribution in [0.2, 0.25) is 0 Å². The number of aromatic nitrogens is 1. The molecule has 0 spiro atoms. The molecule has 98 valence electrons. The lowest BCUT2D eigenvalue weighted by Crippen LogP contribution is -2.05. The molecule has 0 amide bonds. The molecule has 0 radical (unpaired) electrons. The molecule has 1 heterocycles. The molecule has 0 bridgehead atoms. The average Bonchev–Trinajstić information content (AvgIpc) is 2.87. The summed E-state index contributed by atoms with van der Waals surface area (Å²) in [5.74, 6) is -0.579. The molecule has 0 unspecified atom stereocenters. The Balaban J connectivity index is 2.01. The molecule has 0 fully saturated rings. The first-order chi connectivity index (χ1) is 9.08. The summed E-state index contributed by atoms with van der Waals surface area (Å²) >= 11 is 3.38. The van der Waals surface area contributed by atoms with Crippen LogP contribution in [0.1, 0.15) is 33.3 Å². The van der Waals surface area contributed by atoms with Crippen LogP contribution in [0.3, 0.4) is 0 Å². The molecule has 1 N–H and O–H groups in total. The first-order valence-electron chi connectivity index (χ1n) is 5.68. The molecule has 1 aromatic heterocycles. The normalized spacial score (nSPS) is 10.2. The fraction of sp³-hybridized carbons (Fsp3) is 0.143. The minimum absolute atomic E-state index is 0.0962. The van der Waals surface area contributed by atoms with Crippen LogP contribution in [0.5, 0.6) is 0 Å². The van der Waals surface area contributed by atoms with E-state index in [2.05, 4.69) is 20.9 Å². The van der Waals surface area contributed by atoms with Gasteiger partial charge in [-0.2, -0.15) is 0 Å². The van der Waals surface area contributed by atoms with Gasteiger partial charge in [-0.15, -0.1) is 0 Å². The van der Waals surface area contributed by atoms with Crippen LogP contribution in [0, 0.1) is 0 Å². The van der Waals surface area contributed by atoms with Crippen molar-refractivity contribution in [3.8, 4) is 0 Å². The van der Waals surface area contributed by atoms with Crippen molar-refractivity contribution in [2.75, 3.05) is 0 Å². The van der Waals surface area contributed by atoms with E-state index >= 15 is 0 Å². The van der Waals surface area contributed by atoms with Crippen molar-refractivity contribution in [3.05, 3.63) is 57.8 Å². The number of esters is 1. The van der Waals surface area contributed by atoms with Gasteiger partial charge in [0.1, 0.15) is 12.3 Å². The molecule has 1 aromatic carbocycles. The first-order valence-corrected chi connectivity index (χ1v) is 6.47. The molecule has 2 rings (SSSR count). The number of hydrogen-bond donors (Lipinski definition) is 1. The predicted molar refractivity (Wildman–Crippen MR) is 74.1 cm³/mol. The van der Waals surface area contributed by atoms with Gasteiger partial charge in [0.05, 0.1) is 0 Å². The van der Waals surface area contributed by atoms with Crippen LogP contribution in [0.25, 0.3) is 0 Å². The zero-order chi connectivity index (χ0) is 13.8. The van der Waals surface area contributed by atoms with Crippen molar-refractivity contribution in [1.82, 2.24) is 4.98 Å². The Labute approximate surface area is 118 Å². The summed E-state index contributed by atoms with van der Waals surface area (Å²) in [6, 6.07) is 9.00. The van der Waals surface area contributed by atoms with Crippen LogP contribution in [-0.2, 0) is 11.3 Å². The second-order valence-electron chi connectivity index (χ2n) is 4.03. The molecule has 0 saturated carbocycles. The second-order valence-corrected chi connectivity index (χ2v) is 4.88. The van der Waals surface area contributed by atoms with Gasteiger partial charge in [-0.05, 0) is 19.1 Å². The maximum absolute atomic E-state index is 11.8. The topological polar surface area (TPSA) is 59.2 Å². The van der Waals surface area contributed by atoms with E-state index in [9.17, 15) is 9.59 Å². The van der Waals surface area contributed by atoms with E-state index in [0.29, 0.717) is 5.56 Å². The Morgan fingerprint density at radius 1 is 1.32 bits per heavy atom. The number of Topliss-reactive ketones (excluding diaryl/α,β-unsaturated/α-hetero) is 1. The van der Waals surface area contributed by atoms with E-state index in [4.69, 9.17) is 4.74 Å². The van der Waals surface area contributed by atoms with Crippen LogP contribution in [0.15, 0.2) is 41.0 Å². The van der Waals surface area contributed by atoms with Gasteiger partial charge >= 0.3 is 5.97 Å². The standard InChI is InChI=1S/C14H12BrNO3/c1-9(17)11-6-13(16-7-11)14(18)19-8-10-4-2-3-5-12(10)15/h2-7,16H,8H2,1H3. The Bertz CT molecular complexity index is 619. The molecule has 5 heteroatoms. The van der Waals surface area contributed by atoms with Gasteiger partial charge in [-0.25, -0.2) is 4.79 Å². The summed E-state index contributed by atoms with van der Waals surface area (Å²) in [4.78, 5) is 25.6. The third-order valence-corrected chi connectivity index (χ3v) is 3.40. The van der Waals surface area contributed by atoms with Crippen LogP contribution >= 0.6 is 15.9 Å². The zero-order valence-corrected chi connectivity index (χ0v) is 11.9. The number of aromatic amines is 1. The molecule has 0 saturated heterocycles. The molecular formula is C14H12BrNO3. The summed E-state index contributed by atoms with van der Waals surface area (Å²) in [6.07, 6.45) is 1.50. The highest BCUT2D eigenvalue weighted by Gasteiger charge is 2.12. The highest BCUT2D eigenvalue weighted by atomic mass is 79.9. The van der Waals surface area contributed by atoms with E-state index in [0.717, 1.165) is 10.0 Å². The number of hydrogen-bond acceptors (Lipinski definition) is 3. The zero-order valence-electron chi connectivity index (χ0n) is 10.3. The number of nitrogens with one attached hydrogen (secondary N) is 1. The van der Waals surface area contributed by atoms with Crippen molar-refractivity contribution in [2.45, 2.75) is 13.5 Å². The monoisotopic (exact) mass is 321 g/mol. The molecule has 0 aliphatic heterocycles. The van der Waals surface area contributed by atoms with Crippen molar-refractivity contribution in [2.24, 2.45) is 0 Å². The molecule has 0 aliphatic rings. The van der Waals surface area contributed by atoms with Gasteiger partial charge in [0, 0.05) is 21.8 Å². The van der Waals surface area contributed by atoms with Crippen molar-refractivity contribution in [1.29, 1.82) is 0 Å². The Hall–Kier alpha value is -1.88. The summed E-state index contributed by atoms with van der Waals surface area (Å²) < 4.78 is 6.06. The molecule has 4 nitrogen and oxygen atoms in total. The largest absolute Gasteiger partial charge is 0.456 e. The molecular weight excluding hydrogens is 310 g/mol. The average molecular weight is 322 g/mol. The third kappa shape index (κ3) is 3.32. The van der Waals surface area contributed by atoms with Crippen LogP contribution in [0.4, 0.5) is 0 Å². The lowest BCUT2D eigenvalue weighted by Gasteiger charge is -2.05. The van der Waals surface area contributed by atoms with Crippen LogP contribution < -0.4 is 0 Å². The summed E-state index contributed by atoms with van der Waals surface area (Å²) in [7, 11) is 0. The summed E-state index contributed by atoms with van der Waals surface area (Å²) in [6.45, 7) is 1.62. The number of ketones is 1. The van der Waals surface area contributed by atoms with Crippen molar-refractivity contribution < 1.29 is 14.3 Å². The highest BCUT2D eigenvalue weighted by Crippen LogP contribution is 2.17. The summed E-state index contributed by atoms with van der Waals surface area (Å²) in [5.41, 5.74) is 1.62. The van der Waals surface area contributed by atoms with Gasteiger partial charge in [0.2, 0.25) is 0 Å². The van der Waals surface area contributed by atoms with E-state index in [1.54, 1.807) is 0 Å². The van der Waals surface area contributed by atoms with Gasteiger partial charge in [-0.1, -0.05) is 34.1 Å². The Morgan fingerprint density at radius 3 is 2.68 bits per heavy atom. The predicted octanol–water partition coefficient (Wildman–Crippen LogP) is 3.34. The summed E-state index contributed by atoms with van der Waals surface area (Å²) in [5, 5.41) is 0. The Kier molecular flexibility index (Phi) is 4.16. The number of H-pyrrole nitrogens is 1. The Morgan fingerprint density at radius 2 is 2.05 bits per heavy atom. The quantitative estimate of drug-likeness (QED) is 0.694. The van der Waals surface area contributed by atoms with Crippen molar-refractivity contribution >= 4 is 27.7 Å². The van der Waals surface area contributed by atoms with Crippen molar-refractivity contribution in [3.63, 3.8) is 0 Å². The molecule has 19 heavy (non-hydrogen) atoms. The SMILES string of the molecule is CC(=O)c1c[nH]c(C(=O)OCc2ccccc2Br)c1. The second kappa shape index (κ2) is 5.84. The number of rotatable bonds is 4. The lowest BCUT2D eigenvalue weighted by molar-refractivity contribution is 0.0466. The van der Waals surface area contributed by atoms with Gasteiger partial charge in [-0.3, -0.25) is 4.79 Å². The first kappa shape index (κ1) is 13.5. The van der Waals surface area contributed by atoms with E-state index < -0.39 is 5.97 Å². The van der Waals surface area contributed by atoms with Gasteiger partial charge < -0.3 is 9.72 Å². The number of ether oxygens (including phenoxy) is 1. The minimum Gasteiger partial charge on any atom is -0.456 e. The maximum Gasteiger partial charge on any atom is 0.355 e. The molecule has 0 atom stereocenters. The highest BCUT2D eigenvalue weighted by molar-refractivity contribution is 9.10. The molecule has 2 aromatic rings. The van der Waals surface area contributed by atoms with Gasteiger partial charge in [0.25, 0.3) is 0 Å². The minimum atomic E-state index is -0.483. The molecule has 0 aliphatic carbocycles. The number of carbonyl (C=O) groups excluding carboxylic acids is 2. The van der Waals surface area contributed by atoms with Crippen LogP contribution in [-0.4, -0.2) is 16.7 Å². The fourth-order valence-corrected chi connectivity index (χ4v) is 1.95. The number of carbonyl (C=O) groups is 2. The lowest BCUT2D eigenvalue weighted by atomic mass is 10.2.